The van der Waals surface area contributed by atoms with Crippen LogP contribution in [0.4, 0.5) is 5.69 Å². The summed E-state index contributed by atoms with van der Waals surface area (Å²) < 4.78 is 0. The second kappa shape index (κ2) is 3.91. The largest absolute Gasteiger partial charge is 0.474 e. The molecule has 0 bridgehead atoms. The molecule has 1 amide bonds. The van der Waals surface area contributed by atoms with E-state index in [-0.39, 0.29) is 0 Å². The number of benzene rings is 1. The maximum Gasteiger partial charge on any atom is 0.394 e. The predicted octanol–water partition coefficient (Wildman–Crippen LogP) is 1.33. The van der Waals surface area contributed by atoms with Crippen molar-refractivity contribution in [2.45, 2.75) is 13.8 Å². The fourth-order valence-electron chi connectivity index (χ4n) is 1.13. The normalized spacial score (nSPS) is 9.57. The summed E-state index contributed by atoms with van der Waals surface area (Å²) in [5, 5.41) is 10.7. The van der Waals surface area contributed by atoms with Crippen molar-refractivity contribution in [3.63, 3.8) is 0 Å². The third-order valence-electron chi connectivity index (χ3n) is 1.82. The molecule has 1 aromatic rings. The number of rotatable bonds is 1. The van der Waals surface area contributed by atoms with Gasteiger partial charge in [-0.25, -0.2) is 4.79 Å². The standard InChI is InChI=1S/C10H11NO3/c1-6-3-4-8(7(2)5-6)11-9(12)10(13)14/h3-5H,1-2H3,(H,11,12)(H,13,14). The molecule has 1 aromatic carbocycles. The van der Waals surface area contributed by atoms with Gasteiger partial charge in [-0.2, -0.15) is 0 Å². The van der Waals surface area contributed by atoms with E-state index >= 15 is 0 Å². The molecule has 4 nitrogen and oxygen atoms in total. The van der Waals surface area contributed by atoms with Crippen LogP contribution in [0.5, 0.6) is 0 Å². The highest BCUT2D eigenvalue weighted by atomic mass is 16.4. The van der Waals surface area contributed by atoms with E-state index in [0.29, 0.717) is 5.69 Å². The van der Waals surface area contributed by atoms with Gasteiger partial charge in [-0.05, 0) is 25.5 Å². The van der Waals surface area contributed by atoms with Crippen molar-refractivity contribution in [3.8, 4) is 0 Å². The van der Waals surface area contributed by atoms with Gasteiger partial charge in [0.15, 0.2) is 0 Å². The Balaban J connectivity index is 2.87. The minimum absolute atomic E-state index is 0.531. The number of aryl methyl sites for hydroxylation is 2. The van der Waals surface area contributed by atoms with E-state index in [4.69, 9.17) is 5.11 Å². The van der Waals surface area contributed by atoms with Crippen molar-refractivity contribution in [2.24, 2.45) is 0 Å². The number of nitrogens with one attached hydrogen (secondary N) is 1. The topological polar surface area (TPSA) is 66.4 Å². The Bertz CT molecular complexity index is 385. The summed E-state index contributed by atoms with van der Waals surface area (Å²) in [5.41, 5.74) is 2.44. The molecule has 0 unspecified atom stereocenters. The van der Waals surface area contributed by atoms with Crippen molar-refractivity contribution >= 4 is 17.6 Å². The maximum absolute atomic E-state index is 10.8. The van der Waals surface area contributed by atoms with Crippen LogP contribution >= 0.6 is 0 Å². The van der Waals surface area contributed by atoms with Gasteiger partial charge in [0.2, 0.25) is 0 Å². The van der Waals surface area contributed by atoms with Crippen molar-refractivity contribution in [3.05, 3.63) is 29.3 Å². The quantitative estimate of drug-likeness (QED) is 0.661. The molecule has 0 radical (unpaired) electrons. The second-order valence-electron chi connectivity index (χ2n) is 3.08. The summed E-state index contributed by atoms with van der Waals surface area (Å²) in [6, 6.07) is 5.37. The lowest BCUT2D eigenvalue weighted by Crippen LogP contribution is -2.22. The lowest BCUT2D eigenvalue weighted by atomic mass is 10.1. The Morgan fingerprint density at radius 3 is 2.43 bits per heavy atom. The summed E-state index contributed by atoms with van der Waals surface area (Å²) in [7, 11) is 0. The third kappa shape index (κ3) is 2.32. The van der Waals surface area contributed by atoms with Crippen molar-refractivity contribution in [1.29, 1.82) is 0 Å². The molecule has 0 fully saturated rings. The lowest BCUT2D eigenvalue weighted by molar-refractivity contribution is -0.147. The highest BCUT2D eigenvalue weighted by Gasteiger charge is 2.11. The van der Waals surface area contributed by atoms with E-state index in [0.717, 1.165) is 11.1 Å². The van der Waals surface area contributed by atoms with Crippen LogP contribution in [0, 0.1) is 13.8 Å². The first-order valence-electron chi connectivity index (χ1n) is 4.12. The Hall–Kier alpha value is -1.84. The van der Waals surface area contributed by atoms with Crippen LogP contribution < -0.4 is 5.32 Å². The van der Waals surface area contributed by atoms with Crippen LogP contribution in [-0.4, -0.2) is 17.0 Å². The van der Waals surface area contributed by atoms with Gasteiger partial charge < -0.3 is 10.4 Å². The van der Waals surface area contributed by atoms with Crippen LogP contribution in [-0.2, 0) is 9.59 Å². The molecular weight excluding hydrogens is 182 g/mol. The molecule has 1 rings (SSSR count). The SMILES string of the molecule is Cc1ccc(NC(=O)C(=O)O)c(C)c1. The zero-order valence-electron chi connectivity index (χ0n) is 8.00. The third-order valence-corrected chi connectivity index (χ3v) is 1.82. The van der Waals surface area contributed by atoms with Gasteiger partial charge in [0.1, 0.15) is 0 Å². The smallest absolute Gasteiger partial charge is 0.394 e. The van der Waals surface area contributed by atoms with Crippen LogP contribution in [0.3, 0.4) is 0 Å². The number of amides is 1. The molecule has 0 aliphatic rings. The Kier molecular flexibility index (Phi) is 2.86. The van der Waals surface area contributed by atoms with Crippen molar-refractivity contribution in [2.75, 3.05) is 5.32 Å². The van der Waals surface area contributed by atoms with E-state index < -0.39 is 11.9 Å². The summed E-state index contributed by atoms with van der Waals surface area (Å²) in [6.45, 7) is 3.74. The number of hydrogen-bond donors (Lipinski definition) is 2. The number of carboxylic acids is 1. The zero-order valence-corrected chi connectivity index (χ0v) is 8.00. The number of hydrogen-bond acceptors (Lipinski definition) is 2. The van der Waals surface area contributed by atoms with Gasteiger partial charge in [0.05, 0.1) is 0 Å². The molecular formula is C10H11NO3. The summed E-state index contributed by atoms with van der Waals surface area (Å²) >= 11 is 0. The van der Waals surface area contributed by atoms with Gasteiger partial charge in [0, 0.05) is 5.69 Å². The number of carbonyl (C=O) groups is 2. The Morgan fingerprint density at radius 1 is 1.29 bits per heavy atom. The number of anilines is 1. The monoisotopic (exact) mass is 193 g/mol. The average molecular weight is 193 g/mol. The molecule has 0 aliphatic carbocycles. The first kappa shape index (κ1) is 10.2. The fraction of sp³-hybridized carbons (Fsp3) is 0.200. The van der Waals surface area contributed by atoms with E-state index in [2.05, 4.69) is 5.32 Å². The Morgan fingerprint density at radius 2 is 1.93 bits per heavy atom. The first-order chi connectivity index (χ1) is 6.50. The van der Waals surface area contributed by atoms with E-state index in [1.165, 1.54) is 0 Å². The summed E-state index contributed by atoms with van der Waals surface area (Å²) in [5.74, 6) is -2.50. The van der Waals surface area contributed by atoms with Gasteiger partial charge >= 0.3 is 11.9 Å². The molecule has 0 saturated heterocycles. The van der Waals surface area contributed by atoms with E-state index in [1.54, 1.807) is 6.07 Å². The summed E-state index contributed by atoms with van der Waals surface area (Å²) in [6.07, 6.45) is 0. The van der Waals surface area contributed by atoms with Crippen LogP contribution in [0.1, 0.15) is 11.1 Å². The van der Waals surface area contributed by atoms with Gasteiger partial charge in [-0.1, -0.05) is 17.7 Å². The molecule has 0 saturated carbocycles. The molecule has 0 spiro atoms. The van der Waals surface area contributed by atoms with Crippen LogP contribution in [0.15, 0.2) is 18.2 Å². The minimum Gasteiger partial charge on any atom is -0.474 e. The number of aliphatic carboxylic acids is 1. The molecule has 0 heterocycles. The molecule has 14 heavy (non-hydrogen) atoms. The molecule has 0 atom stereocenters. The Labute approximate surface area is 81.6 Å². The van der Waals surface area contributed by atoms with Crippen LogP contribution in [0.25, 0.3) is 0 Å². The van der Waals surface area contributed by atoms with Gasteiger partial charge in [-0.15, -0.1) is 0 Å². The van der Waals surface area contributed by atoms with E-state index in [9.17, 15) is 9.59 Å². The summed E-state index contributed by atoms with van der Waals surface area (Å²) in [4.78, 5) is 21.1. The van der Waals surface area contributed by atoms with Gasteiger partial charge in [0.25, 0.3) is 0 Å². The highest BCUT2D eigenvalue weighted by Crippen LogP contribution is 2.15. The predicted molar refractivity (Wildman–Crippen MR) is 52.2 cm³/mol. The van der Waals surface area contributed by atoms with Crippen molar-refractivity contribution < 1.29 is 14.7 Å². The molecule has 0 aliphatic heterocycles. The molecule has 0 aromatic heterocycles. The fourth-order valence-corrected chi connectivity index (χ4v) is 1.13. The second-order valence-corrected chi connectivity index (χ2v) is 3.08. The highest BCUT2D eigenvalue weighted by molar-refractivity contribution is 6.36. The van der Waals surface area contributed by atoms with Crippen molar-refractivity contribution in [1.82, 2.24) is 0 Å². The average Bonchev–Trinajstić information content (AvgIpc) is 2.09. The number of carbonyl (C=O) groups excluding carboxylic acids is 1. The number of carboxylic acid groups (broad SMARTS) is 1. The molecule has 4 heteroatoms. The minimum atomic E-state index is -1.48. The zero-order chi connectivity index (χ0) is 10.7. The molecule has 74 valence electrons. The van der Waals surface area contributed by atoms with Gasteiger partial charge in [-0.3, -0.25) is 4.79 Å². The van der Waals surface area contributed by atoms with E-state index in [1.807, 2.05) is 26.0 Å². The molecule has 2 N–H and O–H groups in total. The van der Waals surface area contributed by atoms with Crippen LogP contribution in [0.2, 0.25) is 0 Å². The maximum atomic E-state index is 10.8. The lowest BCUT2D eigenvalue weighted by Gasteiger charge is -2.06. The first-order valence-corrected chi connectivity index (χ1v) is 4.12.